The van der Waals surface area contributed by atoms with Crippen LogP contribution in [-0.4, -0.2) is 42.2 Å². The lowest BCUT2D eigenvalue weighted by Crippen LogP contribution is -2.40. The van der Waals surface area contributed by atoms with E-state index in [1.165, 1.54) is 6.07 Å². The lowest BCUT2D eigenvalue weighted by Gasteiger charge is -2.21. The normalized spacial score (nSPS) is 10.6. The summed E-state index contributed by atoms with van der Waals surface area (Å²) in [6.45, 7) is 0.541. The molecule has 0 aliphatic rings. The van der Waals surface area contributed by atoms with Crippen LogP contribution >= 0.6 is 11.6 Å². The Hall–Kier alpha value is -1.40. The maximum Gasteiger partial charge on any atom is 0.322 e. The highest BCUT2D eigenvalue weighted by molar-refractivity contribution is 6.31. The quantitative estimate of drug-likeness (QED) is 0.877. The number of nitrogens with zero attached hydrogens (tertiary/aromatic N) is 1. The van der Waals surface area contributed by atoms with Gasteiger partial charge in [0, 0.05) is 17.3 Å². The fraction of sp³-hybridized carbons (Fsp3) is 0.417. The number of halogens is 3. The van der Waals surface area contributed by atoms with Crippen LogP contribution in [0, 0.1) is 6.92 Å². The molecule has 106 valence electrons. The summed E-state index contributed by atoms with van der Waals surface area (Å²) in [6.07, 6.45) is -2.65. The molecule has 0 radical (unpaired) electrons. The zero-order valence-corrected chi connectivity index (χ0v) is 11.1. The third kappa shape index (κ3) is 5.00. The molecule has 0 heterocycles. The summed E-state index contributed by atoms with van der Waals surface area (Å²) in [7, 11) is 0. The van der Waals surface area contributed by atoms with Gasteiger partial charge in [0.2, 0.25) is 0 Å². The highest BCUT2D eigenvalue weighted by Crippen LogP contribution is 2.20. The number of urea groups is 1. The van der Waals surface area contributed by atoms with E-state index in [0.29, 0.717) is 10.7 Å². The first-order valence-corrected chi connectivity index (χ1v) is 6.03. The van der Waals surface area contributed by atoms with Crippen molar-refractivity contribution < 1.29 is 18.7 Å². The van der Waals surface area contributed by atoms with Gasteiger partial charge in [-0.05, 0) is 24.6 Å². The van der Waals surface area contributed by atoms with Crippen molar-refractivity contribution in [2.75, 3.05) is 25.0 Å². The number of anilines is 1. The van der Waals surface area contributed by atoms with Crippen molar-refractivity contribution >= 4 is 23.3 Å². The Balaban J connectivity index is 2.72. The number of nitrogens with one attached hydrogen (secondary N) is 1. The molecule has 0 atom stereocenters. The minimum absolute atomic E-state index is 0.157. The molecule has 19 heavy (non-hydrogen) atoms. The molecular formula is C12H15ClF2N2O2. The van der Waals surface area contributed by atoms with Crippen molar-refractivity contribution in [3.8, 4) is 0 Å². The molecule has 1 aromatic rings. The molecule has 0 saturated heterocycles. The van der Waals surface area contributed by atoms with Crippen molar-refractivity contribution in [3.63, 3.8) is 0 Å². The van der Waals surface area contributed by atoms with Gasteiger partial charge in [-0.15, -0.1) is 0 Å². The molecule has 0 aliphatic carbocycles. The topological polar surface area (TPSA) is 52.6 Å². The van der Waals surface area contributed by atoms with Crippen molar-refractivity contribution in [2.45, 2.75) is 13.3 Å². The first kappa shape index (κ1) is 15.7. The second-order valence-corrected chi connectivity index (χ2v) is 4.36. The van der Waals surface area contributed by atoms with Gasteiger partial charge in [0.25, 0.3) is 6.43 Å². The number of benzene rings is 1. The number of alkyl halides is 2. The van der Waals surface area contributed by atoms with E-state index in [1.54, 1.807) is 12.1 Å². The molecule has 2 amide bonds. The summed E-state index contributed by atoms with van der Waals surface area (Å²) < 4.78 is 24.6. The Bertz CT molecular complexity index is 444. The molecule has 1 aromatic carbocycles. The summed E-state index contributed by atoms with van der Waals surface area (Å²) >= 11 is 5.90. The van der Waals surface area contributed by atoms with Crippen LogP contribution < -0.4 is 5.32 Å². The predicted octanol–water partition coefficient (Wildman–Crippen LogP) is 2.74. The van der Waals surface area contributed by atoms with Gasteiger partial charge < -0.3 is 15.3 Å². The second kappa shape index (κ2) is 7.25. The average molecular weight is 293 g/mol. The van der Waals surface area contributed by atoms with Gasteiger partial charge in [0.15, 0.2) is 0 Å². The zero-order valence-electron chi connectivity index (χ0n) is 10.4. The Morgan fingerprint density at radius 2 is 2.21 bits per heavy atom. The van der Waals surface area contributed by atoms with Crippen LogP contribution in [0.2, 0.25) is 5.02 Å². The van der Waals surface area contributed by atoms with E-state index in [9.17, 15) is 13.6 Å². The van der Waals surface area contributed by atoms with Crippen LogP contribution in [0.25, 0.3) is 0 Å². The van der Waals surface area contributed by atoms with Gasteiger partial charge in [-0.1, -0.05) is 17.7 Å². The number of carbonyl (C=O) groups is 1. The third-order valence-corrected chi connectivity index (χ3v) is 2.85. The molecule has 0 saturated carbocycles. The lowest BCUT2D eigenvalue weighted by molar-refractivity contribution is 0.0943. The molecule has 0 bridgehead atoms. The van der Waals surface area contributed by atoms with E-state index in [-0.39, 0.29) is 13.2 Å². The Morgan fingerprint density at radius 1 is 1.53 bits per heavy atom. The molecule has 1 rings (SSSR count). The van der Waals surface area contributed by atoms with Gasteiger partial charge in [-0.3, -0.25) is 0 Å². The standard InChI is InChI=1S/C12H15ClF2N2O2/c1-8-2-3-9(6-10(8)13)16-12(19)17(4-5-18)7-11(14)15/h2-3,6,11,18H,4-5,7H2,1H3,(H,16,19). The number of amides is 2. The van der Waals surface area contributed by atoms with Crippen LogP contribution in [0.3, 0.4) is 0 Å². The molecule has 0 unspecified atom stereocenters. The van der Waals surface area contributed by atoms with E-state index in [4.69, 9.17) is 16.7 Å². The monoisotopic (exact) mass is 292 g/mol. The number of aryl methyl sites for hydroxylation is 1. The van der Waals surface area contributed by atoms with E-state index in [2.05, 4.69) is 5.32 Å². The van der Waals surface area contributed by atoms with Gasteiger partial charge in [0.05, 0.1) is 13.2 Å². The summed E-state index contributed by atoms with van der Waals surface area (Å²) in [5.74, 6) is 0. The lowest BCUT2D eigenvalue weighted by atomic mass is 10.2. The van der Waals surface area contributed by atoms with E-state index in [0.717, 1.165) is 10.5 Å². The number of carbonyl (C=O) groups excluding carboxylic acids is 1. The molecule has 2 N–H and O–H groups in total. The molecular weight excluding hydrogens is 278 g/mol. The van der Waals surface area contributed by atoms with Crippen LogP contribution in [0.15, 0.2) is 18.2 Å². The maximum absolute atomic E-state index is 12.3. The van der Waals surface area contributed by atoms with Crippen LogP contribution in [0.5, 0.6) is 0 Å². The SMILES string of the molecule is Cc1ccc(NC(=O)N(CCO)CC(F)F)cc1Cl. The highest BCUT2D eigenvalue weighted by atomic mass is 35.5. The Kier molecular flexibility index (Phi) is 5.98. The number of rotatable bonds is 5. The summed E-state index contributed by atoms with van der Waals surface area (Å²) in [5, 5.41) is 11.7. The largest absolute Gasteiger partial charge is 0.395 e. The minimum atomic E-state index is -2.65. The molecule has 0 aliphatic heterocycles. The number of hydrogen-bond donors (Lipinski definition) is 2. The average Bonchev–Trinajstić information content (AvgIpc) is 2.33. The number of aliphatic hydroxyl groups excluding tert-OH is 1. The van der Waals surface area contributed by atoms with Crippen LogP contribution in [-0.2, 0) is 0 Å². The number of hydrogen-bond acceptors (Lipinski definition) is 2. The molecule has 0 fully saturated rings. The molecule has 0 aromatic heterocycles. The molecule has 0 spiro atoms. The number of aliphatic hydroxyl groups is 1. The maximum atomic E-state index is 12.3. The first-order chi connectivity index (χ1) is 8.93. The van der Waals surface area contributed by atoms with Gasteiger partial charge in [0.1, 0.15) is 0 Å². The first-order valence-electron chi connectivity index (χ1n) is 5.65. The highest BCUT2D eigenvalue weighted by Gasteiger charge is 2.17. The van der Waals surface area contributed by atoms with E-state index >= 15 is 0 Å². The van der Waals surface area contributed by atoms with Crippen molar-refractivity contribution in [1.82, 2.24) is 4.90 Å². The summed E-state index contributed by atoms with van der Waals surface area (Å²) in [6, 6.07) is 4.17. The van der Waals surface area contributed by atoms with Gasteiger partial charge >= 0.3 is 6.03 Å². The fourth-order valence-electron chi connectivity index (χ4n) is 1.44. The van der Waals surface area contributed by atoms with Gasteiger partial charge in [-0.25, -0.2) is 13.6 Å². The third-order valence-electron chi connectivity index (χ3n) is 2.44. The van der Waals surface area contributed by atoms with Crippen molar-refractivity contribution in [1.29, 1.82) is 0 Å². The Labute approximate surface area is 115 Å². The second-order valence-electron chi connectivity index (χ2n) is 3.95. The smallest absolute Gasteiger partial charge is 0.322 e. The minimum Gasteiger partial charge on any atom is -0.395 e. The van der Waals surface area contributed by atoms with Crippen molar-refractivity contribution in [3.05, 3.63) is 28.8 Å². The van der Waals surface area contributed by atoms with Crippen LogP contribution in [0.4, 0.5) is 19.3 Å². The zero-order chi connectivity index (χ0) is 14.4. The van der Waals surface area contributed by atoms with E-state index in [1.807, 2.05) is 6.92 Å². The fourth-order valence-corrected chi connectivity index (χ4v) is 1.62. The van der Waals surface area contributed by atoms with Crippen molar-refractivity contribution in [2.24, 2.45) is 0 Å². The molecule has 4 nitrogen and oxygen atoms in total. The summed E-state index contributed by atoms with van der Waals surface area (Å²) in [4.78, 5) is 12.6. The van der Waals surface area contributed by atoms with Gasteiger partial charge in [-0.2, -0.15) is 0 Å². The predicted molar refractivity (Wildman–Crippen MR) is 69.9 cm³/mol. The Morgan fingerprint density at radius 3 is 2.74 bits per heavy atom. The molecule has 7 heteroatoms. The summed E-state index contributed by atoms with van der Waals surface area (Å²) in [5.41, 5.74) is 1.26. The van der Waals surface area contributed by atoms with E-state index < -0.39 is 19.0 Å². The van der Waals surface area contributed by atoms with Crippen LogP contribution in [0.1, 0.15) is 5.56 Å².